The Balaban J connectivity index is 1.96. The summed E-state index contributed by atoms with van der Waals surface area (Å²) in [6, 6.07) is 13.6. The van der Waals surface area contributed by atoms with Gasteiger partial charge >= 0.3 is 0 Å². The highest BCUT2D eigenvalue weighted by molar-refractivity contribution is 5.91. The first-order chi connectivity index (χ1) is 11.6. The van der Waals surface area contributed by atoms with Gasteiger partial charge in [0, 0.05) is 30.3 Å². The van der Waals surface area contributed by atoms with E-state index in [0.29, 0.717) is 18.7 Å². The van der Waals surface area contributed by atoms with Gasteiger partial charge in [0.15, 0.2) is 0 Å². The molecule has 6 nitrogen and oxygen atoms in total. The number of hydrogen-bond acceptors (Lipinski definition) is 4. The topological polar surface area (TPSA) is 81.5 Å². The van der Waals surface area contributed by atoms with Crippen molar-refractivity contribution in [3.05, 3.63) is 75.8 Å². The van der Waals surface area contributed by atoms with Gasteiger partial charge in [0.25, 0.3) is 5.69 Å². The molecule has 0 unspecified atom stereocenters. The van der Waals surface area contributed by atoms with E-state index in [1.807, 2.05) is 31.2 Å². The maximum atomic E-state index is 11.9. The van der Waals surface area contributed by atoms with Crippen molar-refractivity contribution in [2.45, 2.75) is 13.5 Å². The van der Waals surface area contributed by atoms with E-state index in [9.17, 15) is 14.9 Å². The molecule has 0 saturated carbocycles. The Morgan fingerprint density at radius 2 is 2.04 bits per heavy atom. The molecule has 6 heteroatoms. The number of nitrogens with zero attached hydrogens (tertiary/aromatic N) is 1. The molecule has 0 aromatic heterocycles. The van der Waals surface area contributed by atoms with Crippen molar-refractivity contribution in [3.63, 3.8) is 0 Å². The van der Waals surface area contributed by atoms with E-state index in [1.165, 1.54) is 24.3 Å². The Morgan fingerprint density at radius 1 is 1.25 bits per heavy atom. The SMILES string of the molecule is CCOc1ccccc1CNC(=O)/C=C/c1cccc([N+](=O)[O-])c1. The van der Waals surface area contributed by atoms with Crippen LogP contribution in [0.2, 0.25) is 0 Å². The monoisotopic (exact) mass is 326 g/mol. The fourth-order valence-electron chi connectivity index (χ4n) is 2.10. The fraction of sp³-hybridized carbons (Fsp3) is 0.167. The number of hydrogen-bond donors (Lipinski definition) is 1. The Labute approximate surface area is 139 Å². The second-order valence-electron chi connectivity index (χ2n) is 4.94. The van der Waals surface area contributed by atoms with Gasteiger partial charge < -0.3 is 10.1 Å². The summed E-state index contributed by atoms with van der Waals surface area (Å²) in [5.41, 5.74) is 1.47. The molecule has 1 amide bonds. The third-order valence-corrected chi connectivity index (χ3v) is 3.23. The third-order valence-electron chi connectivity index (χ3n) is 3.23. The Kier molecular flexibility index (Phi) is 6.08. The molecule has 0 radical (unpaired) electrons. The average Bonchev–Trinajstić information content (AvgIpc) is 2.59. The highest BCUT2D eigenvalue weighted by Crippen LogP contribution is 2.17. The molecule has 2 aromatic rings. The average molecular weight is 326 g/mol. The predicted octanol–water partition coefficient (Wildman–Crippen LogP) is 3.32. The molecule has 124 valence electrons. The van der Waals surface area contributed by atoms with Crippen LogP contribution in [0.5, 0.6) is 5.75 Å². The Morgan fingerprint density at radius 3 is 2.79 bits per heavy atom. The molecule has 2 rings (SSSR count). The lowest BCUT2D eigenvalue weighted by Crippen LogP contribution is -2.20. The molecule has 0 aliphatic rings. The van der Waals surface area contributed by atoms with Gasteiger partial charge in [-0.15, -0.1) is 0 Å². The molecule has 0 aliphatic heterocycles. The van der Waals surface area contributed by atoms with Crippen LogP contribution >= 0.6 is 0 Å². The number of carbonyl (C=O) groups is 1. The summed E-state index contributed by atoms with van der Waals surface area (Å²) in [5, 5.41) is 13.5. The highest BCUT2D eigenvalue weighted by Gasteiger charge is 2.05. The largest absolute Gasteiger partial charge is 0.494 e. The summed E-state index contributed by atoms with van der Waals surface area (Å²) in [6.07, 6.45) is 2.89. The summed E-state index contributed by atoms with van der Waals surface area (Å²) in [6.45, 7) is 2.79. The van der Waals surface area contributed by atoms with Crippen molar-refractivity contribution in [2.24, 2.45) is 0 Å². The fourth-order valence-corrected chi connectivity index (χ4v) is 2.10. The lowest BCUT2D eigenvalue weighted by molar-refractivity contribution is -0.384. The van der Waals surface area contributed by atoms with Crippen LogP contribution in [-0.2, 0) is 11.3 Å². The Hall–Kier alpha value is -3.15. The van der Waals surface area contributed by atoms with Crippen LogP contribution in [0.3, 0.4) is 0 Å². The number of nitrogens with one attached hydrogen (secondary N) is 1. The van der Waals surface area contributed by atoms with Crippen LogP contribution in [0, 0.1) is 10.1 Å². The van der Waals surface area contributed by atoms with Gasteiger partial charge in [0.05, 0.1) is 11.5 Å². The molecular weight excluding hydrogens is 308 g/mol. The molecule has 0 bridgehead atoms. The second-order valence-corrected chi connectivity index (χ2v) is 4.94. The Bertz CT molecular complexity index is 756. The number of benzene rings is 2. The number of rotatable bonds is 7. The number of non-ortho nitro benzene ring substituents is 1. The first-order valence-electron chi connectivity index (χ1n) is 7.51. The zero-order valence-corrected chi connectivity index (χ0v) is 13.3. The van der Waals surface area contributed by atoms with E-state index >= 15 is 0 Å². The smallest absolute Gasteiger partial charge is 0.270 e. The number of nitro benzene ring substituents is 1. The van der Waals surface area contributed by atoms with Gasteiger partial charge in [0.2, 0.25) is 5.91 Å². The lowest BCUT2D eigenvalue weighted by atomic mass is 10.2. The first-order valence-corrected chi connectivity index (χ1v) is 7.51. The van der Waals surface area contributed by atoms with Crippen LogP contribution in [0.15, 0.2) is 54.6 Å². The molecule has 24 heavy (non-hydrogen) atoms. The van der Waals surface area contributed by atoms with E-state index in [-0.39, 0.29) is 11.6 Å². The van der Waals surface area contributed by atoms with Crippen molar-refractivity contribution >= 4 is 17.7 Å². The van der Waals surface area contributed by atoms with E-state index in [0.717, 1.165) is 11.3 Å². The molecule has 0 spiro atoms. The number of para-hydroxylation sites is 1. The molecule has 0 aliphatic carbocycles. The number of carbonyl (C=O) groups excluding carboxylic acids is 1. The number of ether oxygens (including phenoxy) is 1. The highest BCUT2D eigenvalue weighted by atomic mass is 16.6. The van der Waals surface area contributed by atoms with Gasteiger partial charge in [-0.05, 0) is 24.6 Å². The van der Waals surface area contributed by atoms with E-state index in [2.05, 4.69) is 5.32 Å². The van der Waals surface area contributed by atoms with Crippen LogP contribution < -0.4 is 10.1 Å². The van der Waals surface area contributed by atoms with Crippen molar-refractivity contribution in [1.82, 2.24) is 5.32 Å². The molecule has 0 fully saturated rings. The van der Waals surface area contributed by atoms with Gasteiger partial charge in [0.1, 0.15) is 5.75 Å². The van der Waals surface area contributed by atoms with Crippen molar-refractivity contribution in [2.75, 3.05) is 6.61 Å². The quantitative estimate of drug-likeness (QED) is 0.481. The second kappa shape index (κ2) is 8.47. The molecule has 0 saturated heterocycles. The van der Waals surface area contributed by atoms with Gasteiger partial charge in [-0.25, -0.2) is 0 Å². The minimum atomic E-state index is -0.470. The summed E-state index contributed by atoms with van der Waals surface area (Å²) >= 11 is 0. The van der Waals surface area contributed by atoms with E-state index in [1.54, 1.807) is 12.1 Å². The summed E-state index contributed by atoms with van der Waals surface area (Å²) in [7, 11) is 0. The zero-order chi connectivity index (χ0) is 17.4. The van der Waals surface area contributed by atoms with Crippen molar-refractivity contribution in [1.29, 1.82) is 0 Å². The predicted molar refractivity (Wildman–Crippen MR) is 91.6 cm³/mol. The van der Waals surface area contributed by atoms with Gasteiger partial charge in [-0.2, -0.15) is 0 Å². The minimum absolute atomic E-state index is 0.0109. The normalized spacial score (nSPS) is 10.5. The standard InChI is InChI=1S/C18H18N2O4/c1-2-24-17-9-4-3-7-15(17)13-19-18(21)11-10-14-6-5-8-16(12-14)20(22)23/h3-12H,2,13H2,1H3,(H,19,21)/b11-10+. The third kappa shape index (κ3) is 4.95. The lowest BCUT2D eigenvalue weighted by Gasteiger charge is -2.09. The number of nitro groups is 1. The zero-order valence-electron chi connectivity index (χ0n) is 13.3. The maximum absolute atomic E-state index is 11.9. The van der Waals surface area contributed by atoms with E-state index in [4.69, 9.17) is 4.74 Å². The van der Waals surface area contributed by atoms with Crippen LogP contribution in [-0.4, -0.2) is 17.4 Å². The molecule has 0 heterocycles. The first kappa shape index (κ1) is 17.2. The van der Waals surface area contributed by atoms with Crippen molar-refractivity contribution in [3.8, 4) is 5.75 Å². The molecule has 1 N–H and O–H groups in total. The summed E-state index contributed by atoms with van der Waals surface area (Å²) in [4.78, 5) is 22.2. The molecular formula is C18H18N2O4. The van der Waals surface area contributed by atoms with Crippen LogP contribution in [0.1, 0.15) is 18.1 Å². The van der Waals surface area contributed by atoms with Crippen LogP contribution in [0.25, 0.3) is 6.08 Å². The molecule has 0 atom stereocenters. The van der Waals surface area contributed by atoms with Gasteiger partial charge in [-0.1, -0.05) is 30.3 Å². The maximum Gasteiger partial charge on any atom is 0.270 e. The minimum Gasteiger partial charge on any atom is -0.494 e. The molecule has 2 aromatic carbocycles. The summed E-state index contributed by atoms with van der Waals surface area (Å²) < 4.78 is 5.50. The van der Waals surface area contributed by atoms with Crippen LogP contribution in [0.4, 0.5) is 5.69 Å². The van der Waals surface area contributed by atoms with E-state index < -0.39 is 4.92 Å². The summed E-state index contributed by atoms with van der Waals surface area (Å²) in [5.74, 6) is 0.454. The van der Waals surface area contributed by atoms with Gasteiger partial charge in [-0.3, -0.25) is 14.9 Å². The van der Waals surface area contributed by atoms with Crippen molar-refractivity contribution < 1.29 is 14.5 Å². The number of amides is 1.